The minimum Gasteiger partial charge on any atom is -0.494 e. The molecule has 34 heavy (non-hydrogen) atoms. The number of anilines is 1. The highest BCUT2D eigenvalue weighted by Gasteiger charge is 2.03. The topological polar surface area (TPSA) is 47.6 Å². The number of rotatable bonds is 24. The summed E-state index contributed by atoms with van der Waals surface area (Å²) in [4.78, 5) is 11.8. The molecular formula is C30H53NO3. The number of ether oxygens (including phenoxy) is 2. The number of hydrogen-bond donors (Lipinski definition) is 1. The molecule has 0 amide bonds. The van der Waals surface area contributed by atoms with Gasteiger partial charge in [0, 0.05) is 19.2 Å². The summed E-state index contributed by atoms with van der Waals surface area (Å²) in [6, 6.07) is 8.10. The van der Waals surface area contributed by atoms with Crippen molar-refractivity contribution in [2.45, 2.75) is 129 Å². The van der Waals surface area contributed by atoms with E-state index in [1.807, 2.05) is 31.3 Å². The van der Waals surface area contributed by atoms with E-state index in [9.17, 15) is 4.79 Å². The van der Waals surface area contributed by atoms with Crippen molar-refractivity contribution < 1.29 is 14.3 Å². The maximum absolute atomic E-state index is 11.8. The normalized spacial score (nSPS) is 10.9. The average molecular weight is 476 g/mol. The van der Waals surface area contributed by atoms with Gasteiger partial charge in [-0.1, -0.05) is 103 Å². The molecule has 0 heterocycles. The zero-order valence-corrected chi connectivity index (χ0v) is 22.4. The van der Waals surface area contributed by atoms with Gasteiger partial charge in [0.25, 0.3) is 0 Å². The van der Waals surface area contributed by atoms with Crippen LogP contribution in [0, 0.1) is 0 Å². The summed E-state index contributed by atoms with van der Waals surface area (Å²) < 4.78 is 11.2. The molecule has 0 atom stereocenters. The largest absolute Gasteiger partial charge is 0.494 e. The number of esters is 1. The van der Waals surface area contributed by atoms with Crippen molar-refractivity contribution in [2.24, 2.45) is 0 Å². The molecule has 0 spiro atoms. The third kappa shape index (κ3) is 18.7. The number of benzene rings is 1. The van der Waals surface area contributed by atoms with Crippen LogP contribution in [0.3, 0.4) is 0 Å². The lowest BCUT2D eigenvalue weighted by Gasteiger charge is -2.07. The van der Waals surface area contributed by atoms with Gasteiger partial charge in [-0.25, -0.2) is 0 Å². The van der Waals surface area contributed by atoms with Gasteiger partial charge in [-0.05, 0) is 43.5 Å². The Labute approximate surface area is 210 Å². The minimum absolute atomic E-state index is 0.00322. The Morgan fingerprint density at radius 1 is 0.647 bits per heavy atom. The highest BCUT2D eigenvalue weighted by molar-refractivity contribution is 5.69. The maximum Gasteiger partial charge on any atom is 0.305 e. The second kappa shape index (κ2) is 23.1. The molecule has 1 N–H and O–H groups in total. The predicted octanol–water partition coefficient (Wildman–Crippen LogP) is 9.08. The molecule has 1 aromatic carbocycles. The first-order valence-corrected chi connectivity index (χ1v) is 14.3. The molecule has 196 valence electrons. The lowest BCUT2D eigenvalue weighted by molar-refractivity contribution is -0.143. The number of hydrogen-bond acceptors (Lipinski definition) is 4. The third-order valence-electron chi connectivity index (χ3n) is 6.45. The Kier molecular flexibility index (Phi) is 20.6. The van der Waals surface area contributed by atoms with Crippen molar-refractivity contribution in [3.8, 4) is 5.75 Å². The van der Waals surface area contributed by atoms with Crippen LogP contribution in [0.1, 0.15) is 129 Å². The van der Waals surface area contributed by atoms with Gasteiger partial charge >= 0.3 is 5.97 Å². The molecule has 0 radical (unpaired) electrons. The van der Waals surface area contributed by atoms with E-state index in [2.05, 4.69) is 12.2 Å². The first kappa shape index (κ1) is 30.3. The van der Waals surface area contributed by atoms with Gasteiger partial charge in [0.2, 0.25) is 0 Å². The highest BCUT2D eigenvalue weighted by atomic mass is 16.5. The number of unbranched alkanes of at least 4 members (excludes halogenated alkanes) is 16. The number of nitrogens with one attached hydrogen (secondary N) is 1. The molecule has 0 aliphatic carbocycles. The maximum atomic E-state index is 11.8. The fraction of sp³-hybridized carbons (Fsp3) is 0.767. The number of carbonyl (C=O) groups is 1. The van der Waals surface area contributed by atoms with Crippen molar-refractivity contribution in [1.29, 1.82) is 0 Å². The molecule has 4 nitrogen and oxygen atoms in total. The van der Waals surface area contributed by atoms with E-state index < -0.39 is 0 Å². The average Bonchev–Trinajstić information content (AvgIpc) is 2.86. The first-order valence-electron chi connectivity index (χ1n) is 14.3. The van der Waals surface area contributed by atoms with E-state index in [1.54, 1.807) is 0 Å². The van der Waals surface area contributed by atoms with Gasteiger partial charge in [-0.15, -0.1) is 0 Å². The highest BCUT2D eigenvalue weighted by Crippen LogP contribution is 2.16. The quantitative estimate of drug-likeness (QED) is 0.120. The molecule has 0 unspecified atom stereocenters. The third-order valence-corrected chi connectivity index (χ3v) is 6.45. The van der Waals surface area contributed by atoms with Crippen molar-refractivity contribution in [3.63, 3.8) is 0 Å². The summed E-state index contributed by atoms with van der Waals surface area (Å²) in [5.41, 5.74) is 1.11. The van der Waals surface area contributed by atoms with Crippen molar-refractivity contribution >= 4 is 11.7 Å². The molecule has 0 aliphatic heterocycles. The van der Waals surface area contributed by atoms with Crippen LogP contribution in [0.4, 0.5) is 5.69 Å². The molecular weight excluding hydrogens is 422 g/mol. The first-order chi connectivity index (χ1) is 16.8. The van der Waals surface area contributed by atoms with Crippen LogP contribution in [-0.4, -0.2) is 26.2 Å². The fourth-order valence-electron chi connectivity index (χ4n) is 4.19. The number of carbonyl (C=O) groups excluding carboxylic acids is 1. The summed E-state index contributed by atoms with van der Waals surface area (Å²) in [5.74, 6) is 0.942. The van der Waals surface area contributed by atoms with Crippen LogP contribution < -0.4 is 10.1 Å². The van der Waals surface area contributed by atoms with Crippen LogP contribution >= 0.6 is 0 Å². The van der Waals surface area contributed by atoms with Gasteiger partial charge in [-0.3, -0.25) is 4.79 Å². The summed E-state index contributed by atoms with van der Waals surface area (Å²) in [6.07, 6.45) is 23.1. The van der Waals surface area contributed by atoms with Gasteiger partial charge in [0.1, 0.15) is 5.75 Å². The van der Waals surface area contributed by atoms with E-state index in [0.717, 1.165) is 43.7 Å². The lowest BCUT2D eigenvalue weighted by atomic mass is 10.1. The Bertz CT molecular complexity index is 573. The predicted molar refractivity (Wildman–Crippen MR) is 146 cm³/mol. The molecule has 0 aromatic heterocycles. The molecule has 0 aliphatic rings. The van der Waals surface area contributed by atoms with Crippen LogP contribution in [0.15, 0.2) is 24.3 Å². The monoisotopic (exact) mass is 475 g/mol. The van der Waals surface area contributed by atoms with Crippen molar-refractivity contribution in [3.05, 3.63) is 24.3 Å². The van der Waals surface area contributed by atoms with Crippen LogP contribution in [-0.2, 0) is 9.53 Å². The molecule has 0 bridgehead atoms. The van der Waals surface area contributed by atoms with E-state index in [1.165, 1.54) is 89.9 Å². The van der Waals surface area contributed by atoms with E-state index >= 15 is 0 Å². The zero-order chi connectivity index (χ0) is 24.5. The molecule has 4 heteroatoms. The summed E-state index contributed by atoms with van der Waals surface area (Å²) in [6.45, 7) is 3.67. The van der Waals surface area contributed by atoms with E-state index in [-0.39, 0.29) is 5.97 Å². The van der Waals surface area contributed by atoms with Crippen LogP contribution in [0.25, 0.3) is 0 Å². The van der Waals surface area contributed by atoms with E-state index in [0.29, 0.717) is 13.0 Å². The summed E-state index contributed by atoms with van der Waals surface area (Å²) >= 11 is 0. The smallest absolute Gasteiger partial charge is 0.305 e. The van der Waals surface area contributed by atoms with Gasteiger partial charge < -0.3 is 14.8 Å². The molecule has 1 aromatic rings. The lowest BCUT2D eigenvalue weighted by Crippen LogP contribution is -2.05. The van der Waals surface area contributed by atoms with Gasteiger partial charge in [-0.2, -0.15) is 0 Å². The van der Waals surface area contributed by atoms with Gasteiger partial charge in [0.05, 0.1) is 13.2 Å². The summed E-state index contributed by atoms with van der Waals surface area (Å²) in [5, 5.41) is 3.11. The second-order valence-corrected chi connectivity index (χ2v) is 9.60. The second-order valence-electron chi connectivity index (χ2n) is 9.60. The summed E-state index contributed by atoms with van der Waals surface area (Å²) in [7, 11) is 1.92. The van der Waals surface area contributed by atoms with Crippen molar-refractivity contribution in [2.75, 3.05) is 25.6 Å². The minimum atomic E-state index is -0.00322. The van der Waals surface area contributed by atoms with Gasteiger partial charge in [0.15, 0.2) is 0 Å². The van der Waals surface area contributed by atoms with Crippen LogP contribution in [0.2, 0.25) is 0 Å². The van der Waals surface area contributed by atoms with E-state index in [4.69, 9.17) is 9.47 Å². The molecule has 0 saturated carbocycles. The molecule has 0 saturated heterocycles. The van der Waals surface area contributed by atoms with Crippen molar-refractivity contribution in [1.82, 2.24) is 0 Å². The standard InChI is InChI=1S/C30H53NO3/c1-3-4-5-6-7-8-10-14-17-20-27-34-30(32)21-18-15-12-9-11-13-16-19-26-33-29-24-22-28(31-2)23-25-29/h22-25,31H,3-21,26-27H2,1-2H3. The molecule has 1 rings (SSSR count). The SMILES string of the molecule is CCCCCCCCCCCCOC(=O)CCCCCCCCCCOc1ccc(NC)cc1. The Morgan fingerprint density at radius 3 is 1.65 bits per heavy atom. The molecule has 0 fully saturated rings. The Hall–Kier alpha value is -1.71. The Morgan fingerprint density at radius 2 is 1.12 bits per heavy atom. The van der Waals surface area contributed by atoms with Crippen LogP contribution in [0.5, 0.6) is 5.75 Å². The zero-order valence-electron chi connectivity index (χ0n) is 22.4. The Balaban J connectivity index is 1.76. The fourth-order valence-corrected chi connectivity index (χ4v) is 4.19.